The number of rotatable bonds is 4. The van der Waals surface area contributed by atoms with Gasteiger partial charge in [-0.05, 0) is 54.9 Å². The molecule has 0 saturated carbocycles. The Hall–Kier alpha value is -1.76. The van der Waals surface area contributed by atoms with Crippen molar-refractivity contribution >= 4 is 5.69 Å². The molecule has 0 aromatic heterocycles. The number of fused-ring (bicyclic) bond motifs is 1. The fourth-order valence-corrected chi connectivity index (χ4v) is 2.83. The van der Waals surface area contributed by atoms with Crippen LogP contribution in [-0.2, 0) is 19.3 Å². The molecule has 0 aliphatic carbocycles. The minimum absolute atomic E-state index is 1.13. The molecule has 3 rings (SSSR count). The number of benzene rings is 2. The Bertz CT molecular complexity index is 531. The van der Waals surface area contributed by atoms with Gasteiger partial charge in [-0.3, -0.25) is 0 Å². The second-order valence-corrected chi connectivity index (χ2v) is 5.36. The van der Waals surface area contributed by atoms with Crippen LogP contribution in [0.15, 0.2) is 48.5 Å². The molecule has 0 fully saturated rings. The molecule has 1 N–H and O–H groups in total. The first kappa shape index (κ1) is 12.3. The lowest BCUT2D eigenvalue weighted by molar-refractivity contribution is 0.805. The average Bonchev–Trinajstić information content (AvgIpc) is 2.48. The van der Waals surface area contributed by atoms with Crippen LogP contribution in [0.1, 0.15) is 29.5 Å². The van der Waals surface area contributed by atoms with Gasteiger partial charge in [-0.1, -0.05) is 42.5 Å². The van der Waals surface area contributed by atoms with Crippen LogP contribution in [0.4, 0.5) is 5.69 Å². The van der Waals surface area contributed by atoms with Crippen LogP contribution in [0.25, 0.3) is 0 Å². The molecule has 2 aromatic rings. The summed E-state index contributed by atoms with van der Waals surface area (Å²) in [5, 5.41) is 3.47. The maximum atomic E-state index is 3.47. The zero-order chi connectivity index (χ0) is 12.9. The molecule has 1 aliphatic heterocycles. The van der Waals surface area contributed by atoms with E-state index in [1.165, 1.54) is 54.5 Å². The maximum absolute atomic E-state index is 3.47. The smallest absolute Gasteiger partial charge is 0.0372 e. The number of hydrogen-bond donors (Lipinski definition) is 1. The van der Waals surface area contributed by atoms with E-state index in [9.17, 15) is 0 Å². The first-order chi connectivity index (χ1) is 9.42. The Morgan fingerprint density at radius 2 is 1.74 bits per heavy atom. The predicted molar refractivity (Wildman–Crippen MR) is 81.7 cm³/mol. The molecular weight excluding hydrogens is 230 g/mol. The fraction of sp³-hybridized carbons (Fsp3) is 0.333. The van der Waals surface area contributed by atoms with E-state index in [-0.39, 0.29) is 0 Å². The largest absolute Gasteiger partial charge is 0.385 e. The lowest BCUT2D eigenvalue weighted by Crippen LogP contribution is -2.11. The molecule has 0 amide bonds. The summed E-state index contributed by atoms with van der Waals surface area (Å²) in [5.74, 6) is 0. The summed E-state index contributed by atoms with van der Waals surface area (Å²) in [5.41, 5.74) is 5.78. The first-order valence-electron chi connectivity index (χ1n) is 7.31. The van der Waals surface area contributed by atoms with Crippen molar-refractivity contribution in [2.75, 3.05) is 11.9 Å². The van der Waals surface area contributed by atoms with Crippen LogP contribution in [0.5, 0.6) is 0 Å². The van der Waals surface area contributed by atoms with Crippen molar-refractivity contribution in [1.29, 1.82) is 0 Å². The molecule has 98 valence electrons. The summed E-state index contributed by atoms with van der Waals surface area (Å²) in [4.78, 5) is 0. The molecule has 0 atom stereocenters. The summed E-state index contributed by atoms with van der Waals surface area (Å²) in [7, 11) is 0. The topological polar surface area (TPSA) is 12.0 Å². The van der Waals surface area contributed by atoms with Crippen molar-refractivity contribution in [3.05, 3.63) is 65.2 Å². The van der Waals surface area contributed by atoms with Crippen molar-refractivity contribution in [2.24, 2.45) is 0 Å². The first-order valence-corrected chi connectivity index (χ1v) is 7.31. The molecule has 0 bridgehead atoms. The number of aryl methyl sites for hydroxylation is 3. The van der Waals surface area contributed by atoms with Crippen molar-refractivity contribution in [1.82, 2.24) is 0 Å². The van der Waals surface area contributed by atoms with Gasteiger partial charge in [-0.25, -0.2) is 0 Å². The second kappa shape index (κ2) is 5.92. The van der Waals surface area contributed by atoms with Gasteiger partial charge in [0.2, 0.25) is 0 Å². The summed E-state index contributed by atoms with van der Waals surface area (Å²) in [6, 6.07) is 17.7. The fourth-order valence-electron chi connectivity index (χ4n) is 2.83. The highest BCUT2D eigenvalue weighted by atomic mass is 14.9. The van der Waals surface area contributed by atoms with Crippen molar-refractivity contribution in [2.45, 2.75) is 32.1 Å². The zero-order valence-corrected chi connectivity index (χ0v) is 11.4. The van der Waals surface area contributed by atoms with E-state index in [4.69, 9.17) is 0 Å². The second-order valence-electron chi connectivity index (χ2n) is 5.36. The highest BCUT2D eigenvalue weighted by Gasteiger charge is 2.08. The Labute approximate surface area is 115 Å². The molecule has 0 unspecified atom stereocenters. The molecule has 0 spiro atoms. The Kier molecular flexibility index (Phi) is 3.83. The summed E-state index contributed by atoms with van der Waals surface area (Å²) in [6.45, 7) is 1.13. The molecule has 2 aromatic carbocycles. The summed E-state index contributed by atoms with van der Waals surface area (Å²) >= 11 is 0. The van der Waals surface area contributed by atoms with E-state index in [0.29, 0.717) is 0 Å². The van der Waals surface area contributed by atoms with E-state index in [1.54, 1.807) is 0 Å². The van der Waals surface area contributed by atoms with Gasteiger partial charge in [0, 0.05) is 12.2 Å². The predicted octanol–water partition coefficient (Wildman–Crippen LogP) is 4.22. The quantitative estimate of drug-likeness (QED) is 0.858. The van der Waals surface area contributed by atoms with Gasteiger partial charge in [0.1, 0.15) is 0 Å². The van der Waals surface area contributed by atoms with Crippen molar-refractivity contribution < 1.29 is 0 Å². The lowest BCUT2D eigenvalue weighted by Gasteiger charge is -2.18. The van der Waals surface area contributed by atoms with Gasteiger partial charge in [-0.15, -0.1) is 0 Å². The molecule has 0 radical (unpaired) electrons. The van der Waals surface area contributed by atoms with Crippen molar-refractivity contribution in [3.8, 4) is 0 Å². The van der Waals surface area contributed by atoms with Crippen LogP contribution in [0.3, 0.4) is 0 Å². The molecule has 1 nitrogen and oxygen atoms in total. The van der Waals surface area contributed by atoms with Gasteiger partial charge in [0.25, 0.3) is 0 Å². The lowest BCUT2D eigenvalue weighted by atomic mass is 9.97. The SMILES string of the molecule is c1ccc(CCCc2ccc3c(c2)CCCN3)cc1. The van der Waals surface area contributed by atoms with Crippen LogP contribution in [-0.4, -0.2) is 6.54 Å². The highest BCUT2D eigenvalue weighted by Crippen LogP contribution is 2.23. The third kappa shape index (κ3) is 3.17. The average molecular weight is 251 g/mol. The molecular formula is C18H21N. The normalized spacial score (nSPS) is 13.7. The Balaban J connectivity index is 1.58. The van der Waals surface area contributed by atoms with Crippen LogP contribution in [0, 0.1) is 0 Å². The van der Waals surface area contributed by atoms with E-state index in [1.807, 2.05) is 0 Å². The van der Waals surface area contributed by atoms with Gasteiger partial charge in [0.15, 0.2) is 0 Å². The van der Waals surface area contributed by atoms with Gasteiger partial charge in [0.05, 0.1) is 0 Å². The number of hydrogen-bond acceptors (Lipinski definition) is 1. The maximum Gasteiger partial charge on any atom is 0.0372 e. The van der Waals surface area contributed by atoms with Crippen LogP contribution >= 0.6 is 0 Å². The summed E-state index contributed by atoms with van der Waals surface area (Å²) < 4.78 is 0. The zero-order valence-electron chi connectivity index (χ0n) is 11.4. The van der Waals surface area contributed by atoms with E-state index in [2.05, 4.69) is 53.8 Å². The van der Waals surface area contributed by atoms with E-state index in [0.717, 1.165) is 6.54 Å². The number of anilines is 1. The van der Waals surface area contributed by atoms with E-state index < -0.39 is 0 Å². The summed E-state index contributed by atoms with van der Waals surface area (Å²) in [6.07, 6.45) is 6.09. The van der Waals surface area contributed by atoms with Gasteiger partial charge < -0.3 is 5.32 Å². The van der Waals surface area contributed by atoms with Crippen LogP contribution < -0.4 is 5.32 Å². The molecule has 0 saturated heterocycles. The molecule has 1 aliphatic rings. The third-order valence-corrected chi connectivity index (χ3v) is 3.88. The van der Waals surface area contributed by atoms with E-state index >= 15 is 0 Å². The number of nitrogens with one attached hydrogen (secondary N) is 1. The molecule has 1 heteroatoms. The van der Waals surface area contributed by atoms with Crippen LogP contribution in [0.2, 0.25) is 0 Å². The van der Waals surface area contributed by atoms with Gasteiger partial charge in [-0.2, -0.15) is 0 Å². The Morgan fingerprint density at radius 3 is 2.63 bits per heavy atom. The molecule has 1 heterocycles. The van der Waals surface area contributed by atoms with Gasteiger partial charge >= 0.3 is 0 Å². The molecule has 19 heavy (non-hydrogen) atoms. The standard InChI is InChI=1S/C18H21N/c1-2-6-15(7-3-1)8-4-9-16-11-12-18-17(14-16)10-5-13-19-18/h1-3,6-7,11-12,14,19H,4-5,8-10,13H2. The van der Waals surface area contributed by atoms with Crippen molar-refractivity contribution in [3.63, 3.8) is 0 Å². The Morgan fingerprint density at radius 1 is 0.895 bits per heavy atom. The third-order valence-electron chi connectivity index (χ3n) is 3.88. The highest BCUT2D eigenvalue weighted by molar-refractivity contribution is 5.54. The minimum Gasteiger partial charge on any atom is -0.385 e. The monoisotopic (exact) mass is 251 g/mol. The minimum atomic E-state index is 1.13.